The molecule has 0 fully saturated rings. The van der Waals surface area contributed by atoms with Crippen molar-refractivity contribution in [2.75, 3.05) is 6.61 Å². The molecule has 0 bridgehead atoms. The fraction of sp³-hybridized carbons (Fsp3) is 0.875. The Morgan fingerprint density at radius 3 is 2.25 bits per heavy atom. The third kappa shape index (κ3) is 5.32. The Morgan fingerprint density at radius 2 is 1.92 bits per heavy atom. The lowest BCUT2D eigenvalue weighted by Crippen LogP contribution is -2.35. The van der Waals surface area contributed by atoms with E-state index in [2.05, 4.69) is 0 Å². The van der Waals surface area contributed by atoms with Crippen LogP contribution in [0.25, 0.3) is 0 Å². The number of carbonyl (C=O) groups is 1. The van der Waals surface area contributed by atoms with E-state index in [9.17, 15) is 4.79 Å². The minimum absolute atomic E-state index is 0.264. The molecule has 72 valence electrons. The number of hydrogen-bond donors (Lipinski definition) is 0. The summed E-state index contributed by atoms with van der Waals surface area (Å²) in [6.07, 6.45) is -0.420. The maximum Gasteiger partial charge on any atom is 0.333 e. The van der Waals surface area contributed by atoms with Crippen LogP contribution < -0.4 is 0 Å². The highest BCUT2D eigenvalue weighted by Gasteiger charge is 2.23. The molecule has 0 aromatic heterocycles. The molecular formula is C8H18O3Si. The Labute approximate surface area is 75.2 Å². The minimum Gasteiger partial charge on any atom is -0.464 e. The van der Waals surface area contributed by atoms with Gasteiger partial charge in [-0.3, -0.25) is 0 Å². The molecule has 0 aliphatic heterocycles. The van der Waals surface area contributed by atoms with Crippen LogP contribution in [-0.2, 0) is 14.0 Å². The average Bonchev–Trinajstić information content (AvgIpc) is 1.84. The van der Waals surface area contributed by atoms with Crippen molar-refractivity contribution in [2.45, 2.75) is 39.6 Å². The number of carbonyl (C=O) groups excluding carboxylic acids is 1. The summed E-state index contributed by atoms with van der Waals surface area (Å²) in [6.45, 7) is 10.1. The fourth-order valence-corrected chi connectivity index (χ4v) is 1.99. The van der Waals surface area contributed by atoms with Gasteiger partial charge in [0.25, 0.3) is 0 Å². The molecule has 1 atom stereocenters. The molecular weight excluding hydrogens is 172 g/mol. The van der Waals surface area contributed by atoms with Gasteiger partial charge in [0.1, 0.15) is 6.10 Å². The molecule has 0 aliphatic carbocycles. The van der Waals surface area contributed by atoms with E-state index in [1.54, 1.807) is 13.8 Å². The normalized spacial score (nSPS) is 14.1. The summed E-state index contributed by atoms with van der Waals surface area (Å²) in [5.74, 6) is -0.264. The molecule has 0 saturated carbocycles. The summed E-state index contributed by atoms with van der Waals surface area (Å²) in [4.78, 5) is 11.1. The Kier molecular flexibility index (Phi) is 4.48. The smallest absolute Gasteiger partial charge is 0.333 e. The number of esters is 1. The topological polar surface area (TPSA) is 35.5 Å². The molecule has 0 rings (SSSR count). The van der Waals surface area contributed by atoms with E-state index in [4.69, 9.17) is 9.16 Å². The second-order valence-electron chi connectivity index (χ2n) is 3.62. The van der Waals surface area contributed by atoms with E-state index in [1.165, 1.54) is 0 Å². The van der Waals surface area contributed by atoms with E-state index in [0.29, 0.717) is 6.61 Å². The van der Waals surface area contributed by atoms with Crippen LogP contribution in [0.5, 0.6) is 0 Å². The summed E-state index contributed by atoms with van der Waals surface area (Å²) in [5, 5.41) is 0. The van der Waals surface area contributed by atoms with Crippen molar-refractivity contribution >= 4 is 14.3 Å². The maximum absolute atomic E-state index is 11.1. The first-order chi connectivity index (χ1) is 5.37. The van der Waals surface area contributed by atoms with Gasteiger partial charge in [-0.05, 0) is 33.5 Å². The second-order valence-corrected chi connectivity index (χ2v) is 8.08. The summed E-state index contributed by atoms with van der Waals surface area (Å²) >= 11 is 0. The first-order valence-electron chi connectivity index (χ1n) is 4.21. The first kappa shape index (κ1) is 11.6. The average molecular weight is 190 g/mol. The highest BCUT2D eigenvalue weighted by atomic mass is 28.4. The monoisotopic (exact) mass is 190 g/mol. The molecule has 0 spiro atoms. The van der Waals surface area contributed by atoms with E-state index in [0.717, 1.165) is 0 Å². The SMILES string of the molecule is CCOC(=O)C(C)O[Si](C)(C)C. The zero-order valence-electron chi connectivity index (χ0n) is 8.51. The van der Waals surface area contributed by atoms with Crippen LogP contribution in [0, 0.1) is 0 Å². The Hall–Kier alpha value is -0.353. The lowest BCUT2D eigenvalue weighted by atomic mass is 10.4. The molecule has 0 aromatic carbocycles. The molecule has 0 radical (unpaired) electrons. The maximum atomic E-state index is 11.1. The van der Waals surface area contributed by atoms with Crippen LogP contribution in [0.3, 0.4) is 0 Å². The molecule has 4 heteroatoms. The van der Waals surface area contributed by atoms with Crippen molar-refractivity contribution in [2.24, 2.45) is 0 Å². The molecule has 3 nitrogen and oxygen atoms in total. The van der Waals surface area contributed by atoms with Gasteiger partial charge in [-0.1, -0.05) is 0 Å². The Morgan fingerprint density at radius 1 is 1.42 bits per heavy atom. The van der Waals surface area contributed by atoms with Gasteiger partial charge in [0.2, 0.25) is 0 Å². The largest absolute Gasteiger partial charge is 0.464 e. The molecule has 0 aromatic rings. The lowest BCUT2D eigenvalue weighted by Gasteiger charge is -2.21. The number of ether oxygens (including phenoxy) is 1. The van der Waals surface area contributed by atoms with Crippen LogP contribution >= 0.6 is 0 Å². The molecule has 1 unspecified atom stereocenters. The number of rotatable bonds is 4. The van der Waals surface area contributed by atoms with Gasteiger partial charge in [0, 0.05) is 0 Å². The Bertz CT molecular complexity index is 151. The molecule has 0 N–H and O–H groups in total. The molecule has 0 aliphatic rings. The van der Waals surface area contributed by atoms with Gasteiger partial charge < -0.3 is 9.16 Å². The second kappa shape index (κ2) is 4.62. The fourth-order valence-electron chi connectivity index (χ4n) is 0.838. The quantitative estimate of drug-likeness (QED) is 0.501. The standard InChI is InChI=1S/C8H18O3Si/c1-6-10-8(9)7(2)11-12(3,4)5/h7H,6H2,1-5H3. The van der Waals surface area contributed by atoms with Gasteiger partial charge in [-0.2, -0.15) is 0 Å². The first-order valence-corrected chi connectivity index (χ1v) is 7.62. The zero-order valence-corrected chi connectivity index (χ0v) is 9.51. The predicted molar refractivity (Wildman–Crippen MR) is 50.5 cm³/mol. The van der Waals surface area contributed by atoms with Gasteiger partial charge in [-0.25, -0.2) is 4.79 Å². The third-order valence-corrected chi connectivity index (χ3v) is 2.21. The van der Waals surface area contributed by atoms with E-state index in [1.807, 2.05) is 19.6 Å². The summed E-state index contributed by atoms with van der Waals surface area (Å²) in [6, 6.07) is 0. The van der Waals surface area contributed by atoms with E-state index >= 15 is 0 Å². The van der Waals surface area contributed by atoms with Crippen molar-refractivity contribution < 1.29 is 14.0 Å². The Balaban J connectivity index is 3.87. The van der Waals surface area contributed by atoms with Crippen LogP contribution in [0.1, 0.15) is 13.8 Å². The zero-order chi connectivity index (χ0) is 9.78. The summed E-state index contributed by atoms with van der Waals surface area (Å²) in [5.41, 5.74) is 0. The minimum atomic E-state index is -1.61. The van der Waals surface area contributed by atoms with Crippen LogP contribution in [0.2, 0.25) is 19.6 Å². The van der Waals surface area contributed by atoms with E-state index in [-0.39, 0.29) is 5.97 Å². The van der Waals surface area contributed by atoms with Crippen LogP contribution in [0.4, 0.5) is 0 Å². The van der Waals surface area contributed by atoms with Crippen molar-refractivity contribution in [1.82, 2.24) is 0 Å². The van der Waals surface area contributed by atoms with Crippen molar-refractivity contribution in [1.29, 1.82) is 0 Å². The van der Waals surface area contributed by atoms with Crippen molar-refractivity contribution in [3.05, 3.63) is 0 Å². The highest BCUT2D eigenvalue weighted by Crippen LogP contribution is 2.07. The predicted octanol–water partition coefficient (Wildman–Crippen LogP) is 1.79. The molecule has 12 heavy (non-hydrogen) atoms. The summed E-state index contributed by atoms with van der Waals surface area (Å²) < 4.78 is 10.3. The molecule has 0 amide bonds. The van der Waals surface area contributed by atoms with Gasteiger partial charge >= 0.3 is 5.97 Å². The lowest BCUT2D eigenvalue weighted by molar-refractivity contribution is -0.150. The van der Waals surface area contributed by atoms with Crippen molar-refractivity contribution in [3.8, 4) is 0 Å². The van der Waals surface area contributed by atoms with Crippen LogP contribution in [-0.4, -0.2) is 27.0 Å². The van der Waals surface area contributed by atoms with Gasteiger partial charge in [0.15, 0.2) is 8.32 Å². The summed E-state index contributed by atoms with van der Waals surface area (Å²) in [7, 11) is -1.61. The molecule has 0 saturated heterocycles. The van der Waals surface area contributed by atoms with E-state index < -0.39 is 14.4 Å². The molecule has 0 heterocycles. The number of hydrogen-bond acceptors (Lipinski definition) is 3. The van der Waals surface area contributed by atoms with Gasteiger partial charge in [0.05, 0.1) is 6.61 Å². The van der Waals surface area contributed by atoms with Crippen LogP contribution in [0.15, 0.2) is 0 Å². The van der Waals surface area contributed by atoms with Crippen molar-refractivity contribution in [3.63, 3.8) is 0 Å². The highest BCUT2D eigenvalue weighted by molar-refractivity contribution is 6.69. The third-order valence-electron chi connectivity index (χ3n) is 1.15. The van der Waals surface area contributed by atoms with Gasteiger partial charge in [-0.15, -0.1) is 0 Å².